The Morgan fingerprint density at radius 3 is 2.50 bits per heavy atom. The lowest BCUT2D eigenvalue weighted by atomic mass is 9.79. The maximum atomic E-state index is 10.0. The Balaban J connectivity index is 1.68. The Kier molecular flexibility index (Phi) is 3.36. The molecule has 2 heteroatoms. The molecule has 3 fully saturated rings. The highest BCUT2D eigenvalue weighted by molar-refractivity contribution is 5.25. The van der Waals surface area contributed by atoms with E-state index in [0.717, 1.165) is 18.0 Å². The van der Waals surface area contributed by atoms with Crippen LogP contribution in [0.4, 0.5) is 0 Å². The molecule has 18 heavy (non-hydrogen) atoms. The summed E-state index contributed by atoms with van der Waals surface area (Å²) in [4.78, 5) is 2.49. The normalized spacial score (nSPS) is 31.5. The van der Waals surface area contributed by atoms with E-state index in [1.165, 1.54) is 25.9 Å². The fourth-order valence-electron chi connectivity index (χ4n) is 3.03. The first kappa shape index (κ1) is 11.8. The first-order valence-corrected chi connectivity index (χ1v) is 6.79. The number of hydrogen-bond donors (Lipinski definition) is 1. The number of fused-ring (bicyclic) bond motifs is 3. The fraction of sp³-hybridized carbons (Fsp3) is 0.500. The van der Waals surface area contributed by atoms with E-state index in [1.807, 2.05) is 30.3 Å². The van der Waals surface area contributed by atoms with Gasteiger partial charge in [0.15, 0.2) is 0 Å². The van der Waals surface area contributed by atoms with Gasteiger partial charge in [0, 0.05) is 12.5 Å². The van der Waals surface area contributed by atoms with Crippen LogP contribution in [0.2, 0.25) is 0 Å². The molecule has 2 unspecified atom stereocenters. The number of hydrogen-bond acceptors (Lipinski definition) is 2. The van der Waals surface area contributed by atoms with Gasteiger partial charge in [-0.2, -0.15) is 0 Å². The molecule has 3 saturated heterocycles. The van der Waals surface area contributed by atoms with Gasteiger partial charge >= 0.3 is 0 Å². The van der Waals surface area contributed by atoms with Gasteiger partial charge in [0.2, 0.25) is 0 Å². The van der Waals surface area contributed by atoms with Crippen LogP contribution in [0.5, 0.6) is 0 Å². The second-order valence-corrected chi connectivity index (χ2v) is 5.35. The molecule has 1 aromatic carbocycles. The third kappa shape index (κ3) is 2.43. The van der Waals surface area contributed by atoms with Gasteiger partial charge in [0.05, 0.1) is 0 Å². The molecule has 3 aliphatic heterocycles. The molecule has 2 nitrogen and oxygen atoms in total. The third-order valence-corrected chi connectivity index (χ3v) is 4.18. The molecule has 0 radical (unpaired) electrons. The van der Waals surface area contributed by atoms with Gasteiger partial charge in [0.25, 0.3) is 0 Å². The molecule has 0 saturated carbocycles. The first-order valence-electron chi connectivity index (χ1n) is 6.79. The standard InChI is InChI=1S/C16H19NO/c18-16(14-4-2-1-3-5-14)7-6-15-12-17-10-8-13(15)9-11-17/h1-5,13,15-16,18H,8-12H2. The summed E-state index contributed by atoms with van der Waals surface area (Å²) in [6.07, 6.45) is 1.92. The highest BCUT2D eigenvalue weighted by atomic mass is 16.3. The lowest BCUT2D eigenvalue weighted by Crippen LogP contribution is -2.46. The minimum Gasteiger partial charge on any atom is -0.376 e. The van der Waals surface area contributed by atoms with Gasteiger partial charge in [-0.3, -0.25) is 0 Å². The molecule has 3 heterocycles. The Hall–Kier alpha value is -1.30. The van der Waals surface area contributed by atoms with E-state index in [-0.39, 0.29) is 0 Å². The average Bonchev–Trinajstić information content (AvgIpc) is 2.47. The van der Waals surface area contributed by atoms with Crippen LogP contribution in [-0.2, 0) is 0 Å². The van der Waals surface area contributed by atoms with Crippen LogP contribution in [-0.4, -0.2) is 29.6 Å². The Morgan fingerprint density at radius 1 is 1.17 bits per heavy atom. The molecule has 2 atom stereocenters. The SMILES string of the molecule is OC(C#CC1CN2CCC1CC2)c1ccccc1. The van der Waals surface area contributed by atoms with Crippen molar-refractivity contribution < 1.29 is 5.11 Å². The van der Waals surface area contributed by atoms with E-state index in [4.69, 9.17) is 0 Å². The maximum Gasteiger partial charge on any atom is 0.140 e. The molecule has 0 aromatic heterocycles. The van der Waals surface area contributed by atoms with Crippen LogP contribution in [0.25, 0.3) is 0 Å². The van der Waals surface area contributed by atoms with Gasteiger partial charge < -0.3 is 10.0 Å². The third-order valence-electron chi connectivity index (χ3n) is 4.18. The molecular formula is C16H19NO. The Morgan fingerprint density at radius 2 is 1.89 bits per heavy atom. The Labute approximate surface area is 109 Å². The summed E-state index contributed by atoms with van der Waals surface area (Å²) in [5, 5.41) is 10.0. The fourth-order valence-corrected chi connectivity index (χ4v) is 3.03. The van der Waals surface area contributed by atoms with E-state index >= 15 is 0 Å². The van der Waals surface area contributed by atoms with Crippen molar-refractivity contribution in [1.82, 2.24) is 4.90 Å². The largest absolute Gasteiger partial charge is 0.376 e. The van der Waals surface area contributed by atoms with Crippen molar-refractivity contribution in [3.8, 4) is 11.8 Å². The molecule has 94 valence electrons. The van der Waals surface area contributed by atoms with E-state index in [1.54, 1.807) is 0 Å². The summed E-state index contributed by atoms with van der Waals surface area (Å²) < 4.78 is 0. The van der Waals surface area contributed by atoms with E-state index in [0.29, 0.717) is 5.92 Å². The summed E-state index contributed by atoms with van der Waals surface area (Å²) in [5.74, 6) is 7.56. The zero-order chi connectivity index (χ0) is 12.4. The van der Waals surface area contributed by atoms with Gasteiger partial charge in [-0.15, -0.1) is 0 Å². The summed E-state index contributed by atoms with van der Waals surface area (Å²) in [6, 6.07) is 9.69. The van der Waals surface area contributed by atoms with Gasteiger partial charge in [-0.25, -0.2) is 0 Å². The number of aliphatic hydroxyl groups is 1. The van der Waals surface area contributed by atoms with Crippen molar-refractivity contribution in [3.63, 3.8) is 0 Å². The molecule has 1 aromatic rings. The predicted octanol–water partition coefficient (Wildman–Crippen LogP) is 2.07. The van der Waals surface area contributed by atoms with Crippen molar-refractivity contribution >= 4 is 0 Å². The number of aliphatic hydroxyl groups excluding tert-OH is 1. The molecule has 1 N–H and O–H groups in total. The monoisotopic (exact) mass is 241 g/mol. The molecular weight excluding hydrogens is 222 g/mol. The molecule has 0 aliphatic carbocycles. The zero-order valence-electron chi connectivity index (χ0n) is 10.5. The number of piperidine rings is 3. The van der Waals surface area contributed by atoms with E-state index in [9.17, 15) is 5.11 Å². The molecule has 2 bridgehead atoms. The smallest absolute Gasteiger partial charge is 0.140 e. The highest BCUT2D eigenvalue weighted by Gasteiger charge is 2.32. The highest BCUT2D eigenvalue weighted by Crippen LogP contribution is 2.31. The predicted molar refractivity (Wildman–Crippen MR) is 71.8 cm³/mol. The van der Waals surface area contributed by atoms with Crippen LogP contribution in [0.15, 0.2) is 30.3 Å². The molecule has 0 spiro atoms. The van der Waals surface area contributed by atoms with Crippen LogP contribution in [0, 0.1) is 23.7 Å². The van der Waals surface area contributed by atoms with E-state index < -0.39 is 6.10 Å². The molecule has 0 amide bonds. The quantitative estimate of drug-likeness (QED) is 0.761. The zero-order valence-corrected chi connectivity index (χ0v) is 10.5. The van der Waals surface area contributed by atoms with Gasteiger partial charge in [0.1, 0.15) is 6.10 Å². The number of rotatable bonds is 1. The lowest BCUT2D eigenvalue weighted by molar-refractivity contribution is 0.0776. The van der Waals surface area contributed by atoms with Crippen LogP contribution in [0.3, 0.4) is 0 Å². The van der Waals surface area contributed by atoms with Crippen LogP contribution < -0.4 is 0 Å². The van der Waals surface area contributed by atoms with Crippen LogP contribution >= 0.6 is 0 Å². The average molecular weight is 241 g/mol. The second-order valence-electron chi connectivity index (χ2n) is 5.35. The van der Waals surface area contributed by atoms with E-state index in [2.05, 4.69) is 16.7 Å². The van der Waals surface area contributed by atoms with Crippen LogP contribution in [0.1, 0.15) is 24.5 Å². The molecule has 4 rings (SSSR count). The number of benzene rings is 1. The topological polar surface area (TPSA) is 23.5 Å². The van der Waals surface area contributed by atoms with Crippen molar-refractivity contribution in [2.45, 2.75) is 18.9 Å². The summed E-state index contributed by atoms with van der Waals surface area (Å²) in [5.41, 5.74) is 0.895. The van der Waals surface area contributed by atoms with Crippen molar-refractivity contribution in [3.05, 3.63) is 35.9 Å². The summed E-state index contributed by atoms with van der Waals surface area (Å²) in [6.45, 7) is 3.58. The Bertz CT molecular complexity index is 451. The molecule has 3 aliphatic rings. The minimum atomic E-state index is -0.637. The second kappa shape index (κ2) is 5.14. The van der Waals surface area contributed by atoms with Crippen molar-refractivity contribution in [1.29, 1.82) is 0 Å². The minimum absolute atomic E-state index is 0.464. The summed E-state index contributed by atoms with van der Waals surface area (Å²) >= 11 is 0. The lowest BCUT2D eigenvalue weighted by Gasteiger charge is -2.42. The van der Waals surface area contributed by atoms with Gasteiger partial charge in [-0.1, -0.05) is 42.2 Å². The van der Waals surface area contributed by atoms with Gasteiger partial charge in [-0.05, 0) is 37.4 Å². The first-order chi connectivity index (χ1) is 8.83. The van der Waals surface area contributed by atoms with Crippen molar-refractivity contribution in [2.24, 2.45) is 11.8 Å². The van der Waals surface area contributed by atoms with Crippen molar-refractivity contribution in [2.75, 3.05) is 19.6 Å². The summed E-state index contributed by atoms with van der Waals surface area (Å²) in [7, 11) is 0. The maximum absolute atomic E-state index is 10.0. The number of nitrogens with zero attached hydrogens (tertiary/aromatic N) is 1.